The van der Waals surface area contributed by atoms with Crippen molar-refractivity contribution in [3.05, 3.63) is 41.0 Å². The van der Waals surface area contributed by atoms with Gasteiger partial charge in [0, 0.05) is 11.1 Å². The standard InChI is InChI=1S/C11H8N2O3/c1-6-9(12-13-10(6)14)7-2-4-8(5-3-7)11(15)16/h2-5H,1H3,(H,15,16). The van der Waals surface area contributed by atoms with Crippen LogP contribution in [0.3, 0.4) is 0 Å². The number of azo groups is 1. The minimum Gasteiger partial charge on any atom is -0.478 e. The van der Waals surface area contributed by atoms with Gasteiger partial charge in [0.1, 0.15) is 5.70 Å². The van der Waals surface area contributed by atoms with Gasteiger partial charge in [-0.15, -0.1) is 10.2 Å². The summed E-state index contributed by atoms with van der Waals surface area (Å²) in [5.41, 5.74) is 1.87. The maximum atomic E-state index is 11.1. The quantitative estimate of drug-likeness (QED) is 0.822. The smallest absolute Gasteiger partial charge is 0.335 e. The monoisotopic (exact) mass is 216 g/mol. The Bertz CT molecular complexity index is 527. The van der Waals surface area contributed by atoms with E-state index < -0.39 is 5.97 Å². The van der Waals surface area contributed by atoms with Crippen LogP contribution < -0.4 is 0 Å². The van der Waals surface area contributed by atoms with Crippen molar-refractivity contribution in [2.45, 2.75) is 6.92 Å². The largest absolute Gasteiger partial charge is 0.478 e. The molecule has 0 unspecified atom stereocenters. The first-order valence-electron chi connectivity index (χ1n) is 4.60. The lowest BCUT2D eigenvalue weighted by molar-refractivity contribution is -0.114. The van der Waals surface area contributed by atoms with Crippen LogP contribution in [0, 0.1) is 0 Å². The molecular weight excluding hydrogens is 208 g/mol. The fraction of sp³-hybridized carbons (Fsp3) is 0.0909. The Labute approximate surface area is 91.1 Å². The Morgan fingerprint density at radius 3 is 2.25 bits per heavy atom. The lowest BCUT2D eigenvalue weighted by Gasteiger charge is -2.00. The second-order valence-electron chi connectivity index (χ2n) is 3.36. The molecule has 1 heterocycles. The number of hydrogen-bond acceptors (Lipinski definition) is 3. The van der Waals surface area contributed by atoms with Crippen molar-refractivity contribution >= 4 is 17.6 Å². The van der Waals surface area contributed by atoms with Gasteiger partial charge in [0.05, 0.1) is 5.56 Å². The minimum absolute atomic E-state index is 0.197. The van der Waals surface area contributed by atoms with Gasteiger partial charge in [-0.25, -0.2) is 4.79 Å². The molecule has 0 aromatic heterocycles. The zero-order valence-electron chi connectivity index (χ0n) is 8.47. The molecule has 80 valence electrons. The van der Waals surface area contributed by atoms with Gasteiger partial charge in [-0.2, -0.15) is 0 Å². The van der Waals surface area contributed by atoms with Crippen LogP contribution in [-0.4, -0.2) is 17.0 Å². The molecule has 0 radical (unpaired) electrons. The number of carboxylic acid groups (broad SMARTS) is 1. The average Bonchev–Trinajstić information content (AvgIpc) is 2.60. The molecule has 0 fully saturated rings. The first kappa shape index (κ1) is 10.2. The molecule has 0 aliphatic carbocycles. The lowest BCUT2D eigenvalue weighted by Crippen LogP contribution is -1.96. The highest BCUT2D eigenvalue weighted by molar-refractivity contribution is 6.03. The van der Waals surface area contributed by atoms with Gasteiger partial charge >= 0.3 is 5.97 Å². The maximum Gasteiger partial charge on any atom is 0.335 e. The predicted molar refractivity (Wildman–Crippen MR) is 55.9 cm³/mol. The lowest BCUT2D eigenvalue weighted by atomic mass is 10.1. The van der Waals surface area contributed by atoms with Gasteiger partial charge in [0.15, 0.2) is 0 Å². The average molecular weight is 216 g/mol. The highest BCUT2D eigenvalue weighted by atomic mass is 16.4. The summed E-state index contributed by atoms with van der Waals surface area (Å²) in [7, 11) is 0. The number of carboxylic acids is 1. The molecule has 1 aromatic rings. The van der Waals surface area contributed by atoms with Crippen LogP contribution in [0.25, 0.3) is 5.70 Å². The fourth-order valence-electron chi connectivity index (χ4n) is 1.39. The molecule has 1 N–H and O–H groups in total. The number of hydrogen-bond donors (Lipinski definition) is 1. The summed E-state index contributed by atoms with van der Waals surface area (Å²) >= 11 is 0. The van der Waals surface area contributed by atoms with E-state index in [-0.39, 0.29) is 11.5 Å². The van der Waals surface area contributed by atoms with Crippen molar-refractivity contribution in [1.82, 2.24) is 0 Å². The topological polar surface area (TPSA) is 79.1 Å². The Morgan fingerprint density at radius 2 is 1.81 bits per heavy atom. The van der Waals surface area contributed by atoms with Gasteiger partial charge < -0.3 is 5.11 Å². The van der Waals surface area contributed by atoms with E-state index in [2.05, 4.69) is 10.2 Å². The molecular formula is C11H8N2O3. The molecule has 0 atom stereocenters. The van der Waals surface area contributed by atoms with E-state index in [1.165, 1.54) is 12.1 Å². The van der Waals surface area contributed by atoms with Crippen molar-refractivity contribution in [2.24, 2.45) is 10.2 Å². The Hall–Kier alpha value is -2.30. The van der Waals surface area contributed by atoms with Crippen molar-refractivity contribution in [3.8, 4) is 0 Å². The van der Waals surface area contributed by atoms with Crippen LogP contribution >= 0.6 is 0 Å². The van der Waals surface area contributed by atoms with Crippen molar-refractivity contribution < 1.29 is 14.7 Å². The molecule has 5 heteroatoms. The number of carbonyl (C=O) groups excluding carboxylic acids is 1. The second kappa shape index (κ2) is 3.69. The first-order chi connectivity index (χ1) is 7.59. The summed E-state index contributed by atoms with van der Waals surface area (Å²) in [6.45, 7) is 1.64. The van der Waals surface area contributed by atoms with Crippen LogP contribution in [0.5, 0.6) is 0 Å². The molecule has 16 heavy (non-hydrogen) atoms. The third-order valence-corrected chi connectivity index (χ3v) is 2.32. The molecule has 0 bridgehead atoms. The summed E-state index contributed by atoms with van der Waals surface area (Å²) < 4.78 is 0. The minimum atomic E-state index is -0.985. The van der Waals surface area contributed by atoms with Crippen LogP contribution in [0.15, 0.2) is 40.1 Å². The summed E-state index contributed by atoms with van der Waals surface area (Å²) in [6, 6.07) is 6.16. The molecule has 1 amide bonds. The molecule has 0 saturated carbocycles. The number of rotatable bonds is 2. The number of nitrogens with zero attached hydrogens (tertiary/aromatic N) is 2. The molecule has 5 nitrogen and oxygen atoms in total. The summed E-state index contributed by atoms with van der Waals surface area (Å²) in [6.07, 6.45) is 0. The molecule has 1 aromatic carbocycles. The Morgan fingerprint density at radius 1 is 1.19 bits per heavy atom. The SMILES string of the molecule is CC1=C(c2ccc(C(=O)O)cc2)N=NC1=O. The third-order valence-electron chi connectivity index (χ3n) is 2.32. The summed E-state index contributed by atoms with van der Waals surface area (Å²) in [5.74, 6) is -1.33. The van der Waals surface area contributed by atoms with E-state index in [9.17, 15) is 9.59 Å². The third kappa shape index (κ3) is 1.63. The molecule has 0 saturated heterocycles. The summed E-state index contributed by atoms with van der Waals surface area (Å²) in [4.78, 5) is 21.8. The normalized spacial score (nSPS) is 14.7. The van der Waals surface area contributed by atoms with Gasteiger partial charge in [0.25, 0.3) is 5.91 Å². The van der Waals surface area contributed by atoms with Crippen LogP contribution in [0.1, 0.15) is 22.8 Å². The van der Waals surface area contributed by atoms with Gasteiger partial charge in [-0.05, 0) is 19.1 Å². The van der Waals surface area contributed by atoms with E-state index >= 15 is 0 Å². The molecule has 2 rings (SSSR count). The number of aromatic carboxylic acids is 1. The van der Waals surface area contributed by atoms with Gasteiger partial charge in [0.2, 0.25) is 0 Å². The van der Waals surface area contributed by atoms with Gasteiger partial charge in [-0.3, -0.25) is 4.79 Å². The zero-order chi connectivity index (χ0) is 11.7. The van der Waals surface area contributed by atoms with Gasteiger partial charge in [-0.1, -0.05) is 12.1 Å². The molecule has 0 spiro atoms. The highest BCUT2D eigenvalue weighted by Crippen LogP contribution is 2.26. The Balaban J connectivity index is 2.40. The summed E-state index contributed by atoms with van der Waals surface area (Å²) in [5, 5.41) is 15.9. The first-order valence-corrected chi connectivity index (χ1v) is 4.60. The van der Waals surface area contributed by atoms with Crippen LogP contribution in [0.2, 0.25) is 0 Å². The number of amides is 1. The van der Waals surface area contributed by atoms with Crippen molar-refractivity contribution in [2.75, 3.05) is 0 Å². The van der Waals surface area contributed by atoms with Crippen molar-refractivity contribution in [3.63, 3.8) is 0 Å². The van der Waals surface area contributed by atoms with E-state index in [0.29, 0.717) is 16.8 Å². The van der Waals surface area contributed by atoms with Crippen LogP contribution in [0.4, 0.5) is 0 Å². The zero-order valence-corrected chi connectivity index (χ0v) is 8.47. The number of benzene rings is 1. The number of carbonyl (C=O) groups is 2. The van der Waals surface area contributed by atoms with E-state index in [0.717, 1.165) is 0 Å². The predicted octanol–water partition coefficient (Wildman–Crippen LogP) is 2.11. The molecule has 1 aliphatic rings. The van der Waals surface area contributed by atoms with Crippen LogP contribution in [-0.2, 0) is 4.79 Å². The second-order valence-corrected chi connectivity index (χ2v) is 3.36. The highest BCUT2D eigenvalue weighted by Gasteiger charge is 2.18. The maximum absolute atomic E-state index is 11.1. The van der Waals surface area contributed by atoms with E-state index in [4.69, 9.17) is 5.11 Å². The van der Waals surface area contributed by atoms with E-state index in [1.807, 2.05) is 0 Å². The molecule has 1 aliphatic heterocycles. The Kier molecular flexibility index (Phi) is 2.36. The van der Waals surface area contributed by atoms with Crippen molar-refractivity contribution in [1.29, 1.82) is 0 Å². The fourth-order valence-corrected chi connectivity index (χ4v) is 1.39. The van der Waals surface area contributed by atoms with E-state index in [1.54, 1.807) is 19.1 Å².